The van der Waals surface area contributed by atoms with Crippen LogP contribution in [0.15, 0.2) is 54.6 Å². The largest absolute Gasteiger partial charge is 0.493 e. The molecule has 0 N–H and O–H groups in total. The molecule has 0 aliphatic carbocycles. The van der Waals surface area contributed by atoms with Crippen molar-refractivity contribution in [2.75, 3.05) is 26.2 Å². The number of rotatable bonds is 9. The number of para-hydroxylation sites is 1. The first-order chi connectivity index (χ1) is 12.4. The van der Waals surface area contributed by atoms with Crippen LogP contribution >= 0.6 is 0 Å². The van der Waals surface area contributed by atoms with Gasteiger partial charge in [0.05, 0.1) is 6.61 Å². The van der Waals surface area contributed by atoms with Crippen LogP contribution in [0.1, 0.15) is 38.5 Å². The normalized spacial score (nSPS) is 15.0. The number of piperidine rings is 1. The highest BCUT2D eigenvalue weighted by atomic mass is 16.5. The molecule has 0 spiro atoms. The minimum Gasteiger partial charge on any atom is -0.493 e. The lowest BCUT2D eigenvalue weighted by atomic mass is 10.1. The summed E-state index contributed by atoms with van der Waals surface area (Å²) in [4.78, 5) is 2.61. The van der Waals surface area contributed by atoms with Crippen molar-refractivity contribution in [3.05, 3.63) is 54.6 Å². The molecule has 0 aromatic heterocycles. The quantitative estimate of drug-likeness (QED) is 0.562. The summed E-state index contributed by atoms with van der Waals surface area (Å²) in [7, 11) is 0. The average molecular weight is 339 g/mol. The van der Waals surface area contributed by atoms with Crippen molar-refractivity contribution in [2.45, 2.75) is 38.5 Å². The van der Waals surface area contributed by atoms with Crippen LogP contribution in [0.5, 0.6) is 17.2 Å². The zero-order chi connectivity index (χ0) is 17.2. The monoisotopic (exact) mass is 339 g/mol. The summed E-state index contributed by atoms with van der Waals surface area (Å²) in [5.41, 5.74) is 0. The molecule has 0 bridgehead atoms. The fraction of sp³-hybridized carbons (Fsp3) is 0.455. The Hall–Kier alpha value is -2.00. The second kappa shape index (κ2) is 10.1. The summed E-state index contributed by atoms with van der Waals surface area (Å²) in [5.74, 6) is 2.54. The predicted molar refractivity (Wildman–Crippen MR) is 103 cm³/mol. The van der Waals surface area contributed by atoms with E-state index in [4.69, 9.17) is 9.47 Å². The van der Waals surface area contributed by atoms with Gasteiger partial charge in [0.1, 0.15) is 17.2 Å². The summed E-state index contributed by atoms with van der Waals surface area (Å²) in [5, 5.41) is 0. The molecule has 134 valence electrons. The Bertz CT molecular complexity index is 608. The second-order valence-electron chi connectivity index (χ2n) is 6.70. The van der Waals surface area contributed by atoms with Crippen LogP contribution in [0.2, 0.25) is 0 Å². The molecule has 1 fully saturated rings. The molecule has 0 saturated carbocycles. The van der Waals surface area contributed by atoms with Gasteiger partial charge in [-0.3, -0.25) is 0 Å². The average Bonchev–Trinajstić information content (AvgIpc) is 2.66. The molecule has 0 radical (unpaired) electrons. The Labute approximate surface area is 151 Å². The molecule has 0 atom stereocenters. The number of hydrogen-bond acceptors (Lipinski definition) is 3. The summed E-state index contributed by atoms with van der Waals surface area (Å²) >= 11 is 0. The molecule has 1 aliphatic rings. The van der Waals surface area contributed by atoms with E-state index < -0.39 is 0 Å². The third-order valence-corrected chi connectivity index (χ3v) is 4.62. The molecule has 3 heteroatoms. The molecule has 1 heterocycles. The molecule has 0 unspecified atom stereocenters. The van der Waals surface area contributed by atoms with E-state index in [-0.39, 0.29) is 0 Å². The molecule has 2 aromatic rings. The SMILES string of the molecule is c1ccc(Oc2cccc(OCCCCCN3CCCCC3)c2)cc1. The lowest BCUT2D eigenvalue weighted by molar-refractivity contribution is 0.221. The van der Waals surface area contributed by atoms with E-state index in [1.165, 1.54) is 51.7 Å². The fourth-order valence-corrected chi connectivity index (χ4v) is 3.24. The highest BCUT2D eigenvalue weighted by molar-refractivity contribution is 5.36. The molecule has 3 rings (SSSR count). The Morgan fingerprint density at radius 1 is 0.720 bits per heavy atom. The van der Waals surface area contributed by atoms with E-state index >= 15 is 0 Å². The smallest absolute Gasteiger partial charge is 0.131 e. The van der Waals surface area contributed by atoms with Crippen LogP contribution in [0.3, 0.4) is 0 Å². The lowest BCUT2D eigenvalue weighted by Crippen LogP contribution is -2.30. The topological polar surface area (TPSA) is 21.7 Å². The third-order valence-electron chi connectivity index (χ3n) is 4.62. The Morgan fingerprint density at radius 3 is 2.32 bits per heavy atom. The van der Waals surface area contributed by atoms with Gasteiger partial charge in [-0.25, -0.2) is 0 Å². The van der Waals surface area contributed by atoms with Crippen molar-refractivity contribution in [2.24, 2.45) is 0 Å². The van der Waals surface area contributed by atoms with Crippen molar-refractivity contribution in [3.63, 3.8) is 0 Å². The zero-order valence-electron chi connectivity index (χ0n) is 15.0. The standard InChI is InChI=1S/C22H29NO2/c1-4-11-20(12-5-1)25-22-14-10-13-21(19-22)24-18-9-3-8-17-23-15-6-2-7-16-23/h1,4-5,10-14,19H,2-3,6-9,15-18H2. The van der Waals surface area contributed by atoms with Crippen LogP contribution in [0.25, 0.3) is 0 Å². The maximum Gasteiger partial charge on any atom is 0.131 e. The van der Waals surface area contributed by atoms with E-state index in [0.717, 1.165) is 30.3 Å². The molecule has 3 nitrogen and oxygen atoms in total. The molecule has 1 aliphatic heterocycles. The van der Waals surface area contributed by atoms with E-state index in [9.17, 15) is 0 Å². The first-order valence-electron chi connectivity index (χ1n) is 9.58. The van der Waals surface area contributed by atoms with Gasteiger partial charge in [-0.05, 0) is 76.0 Å². The maximum atomic E-state index is 5.88. The van der Waals surface area contributed by atoms with Crippen molar-refractivity contribution in [1.29, 1.82) is 0 Å². The van der Waals surface area contributed by atoms with Crippen molar-refractivity contribution < 1.29 is 9.47 Å². The number of hydrogen-bond donors (Lipinski definition) is 0. The molecule has 0 amide bonds. The van der Waals surface area contributed by atoms with Gasteiger partial charge in [-0.2, -0.15) is 0 Å². The minimum absolute atomic E-state index is 0.773. The highest BCUT2D eigenvalue weighted by Gasteiger charge is 2.08. The van der Waals surface area contributed by atoms with E-state index in [1.807, 2.05) is 54.6 Å². The van der Waals surface area contributed by atoms with E-state index in [1.54, 1.807) is 0 Å². The van der Waals surface area contributed by atoms with Gasteiger partial charge >= 0.3 is 0 Å². The number of nitrogens with zero attached hydrogens (tertiary/aromatic N) is 1. The number of unbranched alkanes of at least 4 members (excludes halogenated alkanes) is 2. The lowest BCUT2D eigenvalue weighted by Gasteiger charge is -2.26. The number of benzene rings is 2. The van der Waals surface area contributed by atoms with Crippen molar-refractivity contribution in [1.82, 2.24) is 4.90 Å². The van der Waals surface area contributed by atoms with E-state index in [0.29, 0.717) is 0 Å². The Balaban J connectivity index is 1.33. The first kappa shape index (κ1) is 17.8. The van der Waals surface area contributed by atoms with Crippen LogP contribution in [0.4, 0.5) is 0 Å². The van der Waals surface area contributed by atoms with Crippen LogP contribution < -0.4 is 9.47 Å². The van der Waals surface area contributed by atoms with Gasteiger partial charge in [-0.1, -0.05) is 30.7 Å². The molecular formula is C22H29NO2. The molecule has 1 saturated heterocycles. The highest BCUT2D eigenvalue weighted by Crippen LogP contribution is 2.25. The van der Waals surface area contributed by atoms with Gasteiger partial charge in [0.15, 0.2) is 0 Å². The van der Waals surface area contributed by atoms with Crippen molar-refractivity contribution in [3.8, 4) is 17.2 Å². The second-order valence-corrected chi connectivity index (χ2v) is 6.70. The fourth-order valence-electron chi connectivity index (χ4n) is 3.24. The molecule has 25 heavy (non-hydrogen) atoms. The van der Waals surface area contributed by atoms with Crippen LogP contribution in [-0.4, -0.2) is 31.1 Å². The number of ether oxygens (including phenoxy) is 2. The molecule has 2 aromatic carbocycles. The van der Waals surface area contributed by atoms with Gasteiger partial charge in [0, 0.05) is 6.07 Å². The van der Waals surface area contributed by atoms with Gasteiger partial charge in [0.25, 0.3) is 0 Å². The predicted octanol–water partition coefficient (Wildman–Crippen LogP) is 5.51. The Morgan fingerprint density at radius 2 is 1.48 bits per heavy atom. The van der Waals surface area contributed by atoms with E-state index in [2.05, 4.69) is 4.90 Å². The number of likely N-dealkylation sites (tertiary alicyclic amines) is 1. The summed E-state index contributed by atoms with van der Waals surface area (Å²) in [6.07, 6.45) is 7.79. The first-order valence-corrected chi connectivity index (χ1v) is 9.58. The van der Waals surface area contributed by atoms with Crippen molar-refractivity contribution >= 4 is 0 Å². The summed E-state index contributed by atoms with van der Waals surface area (Å²) in [6.45, 7) is 4.62. The van der Waals surface area contributed by atoms with Crippen LogP contribution in [0, 0.1) is 0 Å². The zero-order valence-corrected chi connectivity index (χ0v) is 15.0. The minimum atomic E-state index is 0.773. The third kappa shape index (κ3) is 6.43. The van der Waals surface area contributed by atoms with Gasteiger partial charge < -0.3 is 14.4 Å². The molecular weight excluding hydrogens is 310 g/mol. The Kier molecular flexibility index (Phi) is 7.19. The van der Waals surface area contributed by atoms with Crippen LogP contribution in [-0.2, 0) is 0 Å². The maximum absolute atomic E-state index is 5.88. The van der Waals surface area contributed by atoms with Gasteiger partial charge in [0.2, 0.25) is 0 Å². The summed E-state index contributed by atoms with van der Waals surface area (Å²) in [6, 6.07) is 17.7. The van der Waals surface area contributed by atoms with Gasteiger partial charge in [-0.15, -0.1) is 0 Å². The summed E-state index contributed by atoms with van der Waals surface area (Å²) < 4.78 is 11.7.